The lowest BCUT2D eigenvalue weighted by Crippen LogP contribution is -2.52. The predicted molar refractivity (Wildman–Crippen MR) is 87.2 cm³/mol. The van der Waals surface area contributed by atoms with Crippen LogP contribution in [0.3, 0.4) is 0 Å². The van der Waals surface area contributed by atoms with E-state index in [0.717, 1.165) is 16.5 Å². The number of nitrogens with one attached hydrogen (secondary N) is 1. The zero-order valence-electron chi connectivity index (χ0n) is 13.4. The minimum absolute atomic E-state index is 0.0528. The summed E-state index contributed by atoms with van der Waals surface area (Å²) in [5.74, 6) is -0.332. The summed E-state index contributed by atoms with van der Waals surface area (Å²) in [5, 5.41) is 10.4. The van der Waals surface area contributed by atoms with Crippen LogP contribution in [0.2, 0.25) is 0 Å². The Morgan fingerprint density at radius 3 is 2.43 bits per heavy atom. The van der Waals surface area contributed by atoms with Crippen LogP contribution < -0.4 is 0 Å². The molecule has 6 heteroatoms. The minimum atomic E-state index is -0.991. The van der Waals surface area contributed by atoms with Gasteiger partial charge in [0.05, 0.1) is 0 Å². The molecule has 2 N–H and O–H groups in total. The quantitative estimate of drug-likeness (QED) is 0.872. The summed E-state index contributed by atoms with van der Waals surface area (Å²) < 4.78 is 0. The number of piperazine rings is 1. The Kier molecular flexibility index (Phi) is 4.09. The lowest BCUT2D eigenvalue weighted by molar-refractivity contribution is -0.140. The zero-order valence-corrected chi connectivity index (χ0v) is 13.4. The number of hydrogen-bond donors (Lipinski definition) is 2. The van der Waals surface area contributed by atoms with E-state index in [2.05, 4.69) is 4.98 Å². The average Bonchev–Trinajstić information content (AvgIpc) is 2.96. The molecule has 1 aliphatic rings. The molecule has 3 rings (SSSR count). The third kappa shape index (κ3) is 3.07. The number of aliphatic hydroxyl groups excluding tert-OH is 1. The third-order valence-corrected chi connectivity index (χ3v) is 4.24. The van der Waals surface area contributed by atoms with Crippen LogP contribution in [-0.4, -0.2) is 64.0 Å². The Hall–Kier alpha value is -2.34. The fraction of sp³-hybridized carbons (Fsp3) is 0.412. The molecule has 1 aliphatic heterocycles. The summed E-state index contributed by atoms with van der Waals surface area (Å²) in [4.78, 5) is 30.9. The Bertz CT molecular complexity index is 743. The zero-order chi connectivity index (χ0) is 16.6. The first-order chi connectivity index (χ1) is 11.0. The van der Waals surface area contributed by atoms with E-state index >= 15 is 0 Å². The van der Waals surface area contributed by atoms with Crippen molar-refractivity contribution in [2.24, 2.45) is 0 Å². The third-order valence-electron chi connectivity index (χ3n) is 4.24. The molecule has 0 radical (unpaired) electrons. The minimum Gasteiger partial charge on any atom is -0.384 e. The van der Waals surface area contributed by atoms with Crippen molar-refractivity contribution in [3.05, 3.63) is 35.5 Å². The molecule has 1 aromatic heterocycles. The molecule has 1 unspecified atom stereocenters. The second-order valence-corrected chi connectivity index (χ2v) is 6.07. The predicted octanol–water partition coefficient (Wildman–Crippen LogP) is 1.14. The van der Waals surface area contributed by atoms with Crippen molar-refractivity contribution in [1.29, 1.82) is 0 Å². The number of fused-ring (bicyclic) bond motifs is 1. The average molecular weight is 315 g/mol. The van der Waals surface area contributed by atoms with Gasteiger partial charge in [-0.25, -0.2) is 0 Å². The molecular formula is C17H21N3O3. The van der Waals surface area contributed by atoms with E-state index in [1.807, 2.05) is 31.2 Å². The van der Waals surface area contributed by atoms with Gasteiger partial charge < -0.3 is 19.9 Å². The molecule has 1 saturated heterocycles. The van der Waals surface area contributed by atoms with Crippen molar-refractivity contribution in [3.63, 3.8) is 0 Å². The molecule has 0 bridgehead atoms. The second-order valence-electron chi connectivity index (χ2n) is 6.07. The summed E-state index contributed by atoms with van der Waals surface area (Å²) in [5.41, 5.74) is 2.67. The summed E-state index contributed by atoms with van der Waals surface area (Å²) in [6.45, 7) is 5.34. The fourth-order valence-electron chi connectivity index (χ4n) is 2.92. The van der Waals surface area contributed by atoms with Crippen LogP contribution in [0.1, 0.15) is 23.0 Å². The highest BCUT2D eigenvalue weighted by Crippen LogP contribution is 2.18. The van der Waals surface area contributed by atoms with Gasteiger partial charge in [0.2, 0.25) is 0 Å². The molecular weight excluding hydrogens is 294 g/mol. The first-order valence-electron chi connectivity index (χ1n) is 7.81. The maximum atomic E-state index is 12.6. The Labute approximate surface area is 134 Å². The van der Waals surface area contributed by atoms with Crippen LogP contribution in [0.4, 0.5) is 0 Å². The Balaban J connectivity index is 1.70. The van der Waals surface area contributed by atoms with Crippen molar-refractivity contribution < 1.29 is 14.7 Å². The molecule has 1 fully saturated rings. The van der Waals surface area contributed by atoms with Gasteiger partial charge in [-0.15, -0.1) is 0 Å². The number of amides is 2. The number of hydrogen-bond acceptors (Lipinski definition) is 3. The van der Waals surface area contributed by atoms with Gasteiger partial charge in [0.1, 0.15) is 11.8 Å². The lowest BCUT2D eigenvalue weighted by Gasteiger charge is -2.35. The lowest BCUT2D eigenvalue weighted by atomic mass is 10.2. The summed E-state index contributed by atoms with van der Waals surface area (Å²) in [7, 11) is 0. The summed E-state index contributed by atoms with van der Waals surface area (Å²) in [6.07, 6.45) is -0.991. The van der Waals surface area contributed by atoms with Gasteiger partial charge in [-0.05, 0) is 31.5 Å². The van der Waals surface area contributed by atoms with Crippen LogP contribution in [0.5, 0.6) is 0 Å². The maximum Gasteiger partial charge on any atom is 0.270 e. The SMILES string of the molecule is Cc1ccc2cc(C(=O)N3CCN(C(=O)C(C)O)CC3)[nH]c2c1. The molecule has 0 aliphatic carbocycles. The molecule has 122 valence electrons. The highest BCUT2D eigenvalue weighted by atomic mass is 16.3. The van der Waals surface area contributed by atoms with Crippen LogP contribution in [0.15, 0.2) is 24.3 Å². The van der Waals surface area contributed by atoms with E-state index in [4.69, 9.17) is 0 Å². The number of carbonyl (C=O) groups excluding carboxylic acids is 2. The number of benzene rings is 1. The van der Waals surface area contributed by atoms with Crippen molar-refractivity contribution in [3.8, 4) is 0 Å². The number of aryl methyl sites for hydroxylation is 1. The van der Waals surface area contributed by atoms with E-state index in [9.17, 15) is 14.7 Å². The number of aromatic amines is 1. The van der Waals surface area contributed by atoms with E-state index in [1.165, 1.54) is 6.92 Å². The fourth-order valence-corrected chi connectivity index (χ4v) is 2.92. The van der Waals surface area contributed by atoms with Crippen molar-refractivity contribution in [2.45, 2.75) is 20.0 Å². The van der Waals surface area contributed by atoms with Gasteiger partial charge in [0, 0.05) is 37.1 Å². The van der Waals surface area contributed by atoms with Gasteiger partial charge >= 0.3 is 0 Å². The highest BCUT2D eigenvalue weighted by molar-refractivity contribution is 5.98. The molecule has 2 heterocycles. The van der Waals surface area contributed by atoms with Crippen molar-refractivity contribution >= 4 is 22.7 Å². The first kappa shape index (κ1) is 15.6. The summed E-state index contributed by atoms with van der Waals surface area (Å²) in [6, 6.07) is 7.90. The maximum absolute atomic E-state index is 12.6. The number of carbonyl (C=O) groups is 2. The number of aromatic nitrogens is 1. The monoisotopic (exact) mass is 315 g/mol. The topological polar surface area (TPSA) is 76.6 Å². The van der Waals surface area contributed by atoms with E-state index < -0.39 is 6.10 Å². The molecule has 0 spiro atoms. The number of aliphatic hydroxyl groups is 1. The second kappa shape index (κ2) is 6.04. The van der Waals surface area contributed by atoms with E-state index in [-0.39, 0.29) is 11.8 Å². The van der Waals surface area contributed by atoms with Crippen LogP contribution in [0.25, 0.3) is 10.9 Å². The van der Waals surface area contributed by atoms with Gasteiger partial charge in [-0.2, -0.15) is 0 Å². The molecule has 1 atom stereocenters. The largest absolute Gasteiger partial charge is 0.384 e. The Morgan fingerprint density at radius 1 is 1.13 bits per heavy atom. The molecule has 0 saturated carbocycles. The van der Waals surface area contributed by atoms with Crippen LogP contribution in [-0.2, 0) is 4.79 Å². The van der Waals surface area contributed by atoms with Gasteiger partial charge in [0.15, 0.2) is 0 Å². The van der Waals surface area contributed by atoms with Crippen LogP contribution in [0, 0.1) is 6.92 Å². The molecule has 2 amide bonds. The number of H-pyrrole nitrogens is 1. The molecule has 1 aromatic carbocycles. The normalized spacial score (nSPS) is 16.7. The molecule has 6 nitrogen and oxygen atoms in total. The smallest absolute Gasteiger partial charge is 0.270 e. The van der Waals surface area contributed by atoms with E-state index in [0.29, 0.717) is 31.9 Å². The van der Waals surface area contributed by atoms with Gasteiger partial charge in [-0.3, -0.25) is 9.59 Å². The summed E-state index contributed by atoms with van der Waals surface area (Å²) >= 11 is 0. The van der Waals surface area contributed by atoms with Gasteiger partial charge in [0.25, 0.3) is 11.8 Å². The molecule has 23 heavy (non-hydrogen) atoms. The number of rotatable bonds is 2. The Morgan fingerprint density at radius 2 is 1.78 bits per heavy atom. The van der Waals surface area contributed by atoms with E-state index in [1.54, 1.807) is 9.80 Å². The highest BCUT2D eigenvalue weighted by Gasteiger charge is 2.27. The molecule has 2 aromatic rings. The number of nitrogens with zero attached hydrogens (tertiary/aromatic N) is 2. The van der Waals surface area contributed by atoms with Crippen molar-refractivity contribution in [2.75, 3.05) is 26.2 Å². The standard InChI is InChI=1S/C17H21N3O3/c1-11-3-4-13-10-15(18-14(13)9-11)17(23)20-7-5-19(6-8-20)16(22)12(2)21/h3-4,9-10,12,18,21H,5-8H2,1-2H3. The first-order valence-corrected chi connectivity index (χ1v) is 7.81. The van der Waals surface area contributed by atoms with Crippen LogP contribution >= 0.6 is 0 Å². The van der Waals surface area contributed by atoms with Crippen molar-refractivity contribution in [1.82, 2.24) is 14.8 Å². The van der Waals surface area contributed by atoms with Gasteiger partial charge in [-0.1, -0.05) is 12.1 Å².